The summed E-state index contributed by atoms with van der Waals surface area (Å²) in [7, 11) is 0. The minimum atomic E-state index is -0.729. The van der Waals surface area contributed by atoms with Crippen molar-refractivity contribution in [1.29, 1.82) is 0 Å². The third-order valence-electron chi connectivity index (χ3n) is 4.75. The zero-order valence-corrected chi connectivity index (χ0v) is 10.7. The molecule has 1 N–H and O–H groups in total. The summed E-state index contributed by atoms with van der Waals surface area (Å²) in [5.74, 6) is 1.01. The average Bonchev–Trinajstić information content (AvgIpc) is 2.93. The second-order valence-electron chi connectivity index (χ2n) is 5.65. The molecule has 1 fully saturated rings. The quantitative estimate of drug-likeness (QED) is 0.884. The van der Waals surface area contributed by atoms with Crippen molar-refractivity contribution in [3.63, 3.8) is 0 Å². The highest BCUT2D eigenvalue weighted by Gasteiger charge is 2.50. The number of aliphatic carboxylic acids is 1. The SMILES string of the molecule is O=C(O)C1(c2c3c(cc4c2OCC4)OCC3)CCC1. The van der Waals surface area contributed by atoms with E-state index in [-0.39, 0.29) is 0 Å². The lowest BCUT2D eigenvalue weighted by Gasteiger charge is -2.39. The minimum absolute atomic E-state index is 0.654. The molecule has 0 radical (unpaired) electrons. The van der Waals surface area contributed by atoms with Crippen LogP contribution < -0.4 is 9.47 Å². The van der Waals surface area contributed by atoms with E-state index >= 15 is 0 Å². The van der Waals surface area contributed by atoms with Crippen LogP contribution in [0.1, 0.15) is 36.0 Å². The standard InChI is InChI=1S/C15H16O4/c16-14(17)15(4-1-5-15)12-10-3-7-18-11(10)8-9-2-6-19-13(9)12/h8H,1-7H2,(H,16,17). The van der Waals surface area contributed by atoms with Gasteiger partial charge in [0.2, 0.25) is 0 Å². The van der Waals surface area contributed by atoms with Gasteiger partial charge >= 0.3 is 5.97 Å². The fourth-order valence-electron chi connectivity index (χ4n) is 3.59. The lowest BCUT2D eigenvalue weighted by atomic mass is 9.62. The van der Waals surface area contributed by atoms with E-state index in [0.29, 0.717) is 26.1 Å². The Labute approximate surface area is 111 Å². The first-order valence-electron chi connectivity index (χ1n) is 6.90. The Kier molecular flexibility index (Phi) is 2.14. The van der Waals surface area contributed by atoms with Crippen molar-refractivity contribution in [2.45, 2.75) is 37.5 Å². The zero-order valence-electron chi connectivity index (χ0n) is 10.7. The highest BCUT2D eigenvalue weighted by atomic mass is 16.5. The van der Waals surface area contributed by atoms with Crippen molar-refractivity contribution in [1.82, 2.24) is 0 Å². The largest absolute Gasteiger partial charge is 0.493 e. The van der Waals surface area contributed by atoms with Crippen LogP contribution in [0.5, 0.6) is 11.5 Å². The predicted octanol–water partition coefficient (Wildman–Crippen LogP) is 2.06. The van der Waals surface area contributed by atoms with Crippen LogP contribution in [-0.4, -0.2) is 24.3 Å². The summed E-state index contributed by atoms with van der Waals surface area (Å²) in [6, 6.07) is 2.04. The van der Waals surface area contributed by atoms with Gasteiger partial charge in [0, 0.05) is 29.5 Å². The maximum absolute atomic E-state index is 11.8. The predicted molar refractivity (Wildman–Crippen MR) is 68.0 cm³/mol. The van der Waals surface area contributed by atoms with Crippen molar-refractivity contribution < 1.29 is 19.4 Å². The average molecular weight is 260 g/mol. The molecule has 4 rings (SSSR count). The Hall–Kier alpha value is -1.71. The van der Waals surface area contributed by atoms with Gasteiger partial charge in [-0.1, -0.05) is 6.42 Å². The van der Waals surface area contributed by atoms with Gasteiger partial charge in [0.25, 0.3) is 0 Å². The highest BCUT2D eigenvalue weighted by molar-refractivity contribution is 5.85. The van der Waals surface area contributed by atoms with Crippen LogP contribution in [0, 0.1) is 0 Å². The van der Waals surface area contributed by atoms with E-state index in [0.717, 1.165) is 47.5 Å². The third-order valence-corrected chi connectivity index (χ3v) is 4.75. The molecule has 0 spiro atoms. The van der Waals surface area contributed by atoms with Crippen LogP contribution in [-0.2, 0) is 23.1 Å². The second-order valence-corrected chi connectivity index (χ2v) is 5.65. The molecule has 1 aromatic carbocycles. The molecular formula is C15H16O4. The van der Waals surface area contributed by atoms with Crippen molar-refractivity contribution >= 4 is 5.97 Å². The Balaban J connectivity index is 1.98. The van der Waals surface area contributed by atoms with E-state index < -0.39 is 11.4 Å². The molecule has 0 amide bonds. The third kappa shape index (κ3) is 1.32. The second kappa shape index (κ2) is 3.65. The van der Waals surface area contributed by atoms with Crippen LogP contribution in [0.4, 0.5) is 0 Å². The van der Waals surface area contributed by atoms with Crippen molar-refractivity contribution in [2.24, 2.45) is 0 Å². The number of benzene rings is 1. The molecule has 3 aliphatic rings. The number of rotatable bonds is 2. The Morgan fingerprint density at radius 1 is 1.21 bits per heavy atom. The number of carboxylic acids is 1. The summed E-state index contributed by atoms with van der Waals surface area (Å²) in [5.41, 5.74) is 2.38. The summed E-state index contributed by atoms with van der Waals surface area (Å²) in [4.78, 5) is 11.8. The van der Waals surface area contributed by atoms with Crippen molar-refractivity contribution in [2.75, 3.05) is 13.2 Å². The molecule has 4 heteroatoms. The maximum Gasteiger partial charge on any atom is 0.314 e. The molecule has 2 heterocycles. The summed E-state index contributed by atoms with van der Waals surface area (Å²) < 4.78 is 11.4. The van der Waals surface area contributed by atoms with Crippen LogP contribution in [0.2, 0.25) is 0 Å². The number of ether oxygens (including phenoxy) is 2. The fraction of sp³-hybridized carbons (Fsp3) is 0.533. The zero-order chi connectivity index (χ0) is 13.0. The monoisotopic (exact) mass is 260 g/mol. The minimum Gasteiger partial charge on any atom is -0.493 e. The van der Waals surface area contributed by atoms with Crippen molar-refractivity contribution in [3.8, 4) is 11.5 Å². The molecule has 1 saturated carbocycles. The molecule has 0 aromatic heterocycles. The van der Waals surface area contributed by atoms with Crippen LogP contribution in [0.15, 0.2) is 6.07 Å². The Bertz CT molecular complexity index is 540. The molecule has 0 bridgehead atoms. The molecule has 2 aliphatic heterocycles. The molecule has 4 nitrogen and oxygen atoms in total. The number of carboxylic acid groups (broad SMARTS) is 1. The highest BCUT2D eigenvalue weighted by Crippen LogP contribution is 2.53. The lowest BCUT2D eigenvalue weighted by Crippen LogP contribution is -2.43. The molecular weight excluding hydrogens is 244 g/mol. The van der Waals surface area contributed by atoms with Gasteiger partial charge in [-0.3, -0.25) is 4.79 Å². The van der Waals surface area contributed by atoms with Gasteiger partial charge in [0.1, 0.15) is 11.5 Å². The summed E-state index contributed by atoms with van der Waals surface area (Å²) >= 11 is 0. The van der Waals surface area contributed by atoms with Gasteiger partial charge in [-0.15, -0.1) is 0 Å². The lowest BCUT2D eigenvalue weighted by molar-refractivity contribution is -0.147. The van der Waals surface area contributed by atoms with Crippen LogP contribution in [0.25, 0.3) is 0 Å². The van der Waals surface area contributed by atoms with Gasteiger partial charge in [0.05, 0.1) is 18.6 Å². The number of hydrogen-bond donors (Lipinski definition) is 1. The maximum atomic E-state index is 11.8. The van der Waals surface area contributed by atoms with Gasteiger partial charge in [-0.2, -0.15) is 0 Å². The molecule has 0 saturated heterocycles. The Morgan fingerprint density at radius 3 is 2.68 bits per heavy atom. The van der Waals surface area contributed by atoms with Gasteiger partial charge < -0.3 is 14.6 Å². The number of fused-ring (bicyclic) bond motifs is 2. The van der Waals surface area contributed by atoms with Gasteiger partial charge in [-0.05, 0) is 18.9 Å². The topological polar surface area (TPSA) is 55.8 Å². The van der Waals surface area contributed by atoms with E-state index in [1.54, 1.807) is 0 Å². The first-order chi connectivity index (χ1) is 9.22. The molecule has 0 unspecified atom stereocenters. The Morgan fingerprint density at radius 2 is 2.00 bits per heavy atom. The molecule has 100 valence electrons. The van der Waals surface area contributed by atoms with Crippen LogP contribution >= 0.6 is 0 Å². The van der Waals surface area contributed by atoms with E-state index in [1.807, 2.05) is 6.07 Å². The number of carbonyl (C=O) groups is 1. The first-order valence-corrected chi connectivity index (χ1v) is 6.90. The molecule has 0 atom stereocenters. The number of hydrogen-bond acceptors (Lipinski definition) is 3. The summed E-state index contributed by atoms with van der Waals surface area (Å²) in [6.07, 6.45) is 4.07. The van der Waals surface area contributed by atoms with Gasteiger partial charge in [0.15, 0.2) is 0 Å². The first kappa shape index (κ1) is 11.1. The van der Waals surface area contributed by atoms with Crippen molar-refractivity contribution in [3.05, 3.63) is 22.8 Å². The van der Waals surface area contributed by atoms with E-state index in [1.165, 1.54) is 0 Å². The van der Waals surface area contributed by atoms with Gasteiger partial charge in [-0.25, -0.2) is 0 Å². The smallest absolute Gasteiger partial charge is 0.314 e. The fourth-order valence-corrected chi connectivity index (χ4v) is 3.59. The molecule has 19 heavy (non-hydrogen) atoms. The van der Waals surface area contributed by atoms with E-state index in [9.17, 15) is 9.90 Å². The van der Waals surface area contributed by atoms with E-state index in [2.05, 4.69) is 0 Å². The van der Waals surface area contributed by atoms with E-state index in [4.69, 9.17) is 9.47 Å². The van der Waals surface area contributed by atoms with Crippen LogP contribution in [0.3, 0.4) is 0 Å². The normalized spacial score (nSPS) is 21.9. The molecule has 1 aromatic rings. The summed E-state index contributed by atoms with van der Waals surface area (Å²) in [6.45, 7) is 1.31. The molecule has 1 aliphatic carbocycles. The summed E-state index contributed by atoms with van der Waals surface area (Å²) in [5, 5.41) is 9.70.